The summed E-state index contributed by atoms with van der Waals surface area (Å²) in [5.41, 5.74) is 1.27. The molecule has 0 unspecified atom stereocenters. The van der Waals surface area contributed by atoms with Crippen LogP contribution < -0.4 is 10.6 Å². The standard InChI is InChI=1S/C17H28N6/c1-17(2,3)10-6-7-11-19-16(18-4)20-13-15-22-21-14-9-5-8-12-23(14)15/h5,8-9,12H,6-7,10-11,13H2,1-4H3,(H2,18,19,20). The first-order valence-electron chi connectivity index (χ1n) is 8.23. The van der Waals surface area contributed by atoms with Crippen molar-refractivity contribution in [1.29, 1.82) is 0 Å². The molecular weight excluding hydrogens is 288 g/mol. The minimum absolute atomic E-state index is 0.411. The summed E-state index contributed by atoms with van der Waals surface area (Å²) < 4.78 is 1.98. The number of aliphatic imine (C=N–C) groups is 1. The van der Waals surface area contributed by atoms with E-state index >= 15 is 0 Å². The van der Waals surface area contributed by atoms with Gasteiger partial charge in [-0.15, -0.1) is 10.2 Å². The topological polar surface area (TPSA) is 66.6 Å². The first-order chi connectivity index (χ1) is 11.0. The Kier molecular flexibility index (Phi) is 5.96. The second kappa shape index (κ2) is 7.94. The molecule has 0 fully saturated rings. The lowest BCUT2D eigenvalue weighted by atomic mass is 9.90. The van der Waals surface area contributed by atoms with E-state index in [1.54, 1.807) is 7.05 Å². The Labute approximate surface area is 138 Å². The highest BCUT2D eigenvalue weighted by Crippen LogP contribution is 2.21. The predicted octanol–water partition coefficient (Wildman–Crippen LogP) is 2.61. The van der Waals surface area contributed by atoms with Crippen molar-refractivity contribution in [3.05, 3.63) is 30.2 Å². The summed E-state index contributed by atoms with van der Waals surface area (Å²) in [6, 6.07) is 5.88. The number of hydrogen-bond donors (Lipinski definition) is 2. The first kappa shape index (κ1) is 17.2. The fourth-order valence-electron chi connectivity index (χ4n) is 2.38. The van der Waals surface area contributed by atoms with E-state index in [0.717, 1.165) is 30.4 Å². The molecule has 6 heteroatoms. The minimum Gasteiger partial charge on any atom is -0.356 e. The van der Waals surface area contributed by atoms with Gasteiger partial charge in [-0.05, 0) is 30.4 Å². The van der Waals surface area contributed by atoms with E-state index < -0.39 is 0 Å². The Balaban J connectivity index is 1.75. The molecule has 2 aromatic heterocycles. The molecule has 2 heterocycles. The Morgan fingerprint density at radius 1 is 1.17 bits per heavy atom. The average molecular weight is 316 g/mol. The van der Waals surface area contributed by atoms with E-state index in [9.17, 15) is 0 Å². The Bertz CT molecular complexity index is 638. The highest BCUT2D eigenvalue weighted by molar-refractivity contribution is 5.79. The molecule has 0 aliphatic heterocycles. The SMILES string of the molecule is CN=C(NCCCCC(C)(C)C)NCc1nnc2ccccn12. The lowest BCUT2D eigenvalue weighted by Crippen LogP contribution is -2.37. The lowest BCUT2D eigenvalue weighted by molar-refractivity contribution is 0.360. The molecule has 2 rings (SSSR count). The van der Waals surface area contributed by atoms with Crippen LogP contribution in [0.15, 0.2) is 29.4 Å². The van der Waals surface area contributed by atoms with Gasteiger partial charge in [0.2, 0.25) is 0 Å². The number of nitrogens with one attached hydrogen (secondary N) is 2. The fraction of sp³-hybridized carbons (Fsp3) is 0.588. The summed E-state index contributed by atoms with van der Waals surface area (Å²) in [4.78, 5) is 4.25. The Morgan fingerprint density at radius 3 is 2.74 bits per heavy atom. The van der Waals surface area contributed by atoms with E-state index in [2.05, 4.69) is 46.6 Å². The maximum atomic E-state index is 4.25. The van der Waals surface area contributed by atoms with Crippen molar-refractivity contribution in [1.82, 2.24) is 25.2 Å². The van der Waals surface area contributed by atoms with Crippen molar-refractivity contribution in [2.75, 3.05) is 13.6 Å². The molecule has 126 valence electrons. The summed E-state index contributed by atoms with van der Waals surface area (Å²) in [6.45, 7) is 8.36. The molecule has 23 heavy (non-hydrogen) atoms. The van der Waals surface area contributed by atoms with Crippen LogP contribution in [0, 0.1) is 5.41 Å². The molecule has 0 radical (unpaired) electrons. The van der Waals surface area contributed by atoms with Crippen LogP contribution in [0.4, 0.5) is 0 Å². The van der Waals surface area contributed by atoms with Gasteiger partial charge in [0.05, 0.1) is 6.54 Å². The molecule has 6 nitrogen and oxygen atoms in total. The second-order valence-electron chi connectivity index (χ2n) is 6.92. The Hall–Kier alpha value is -2.11. The highest BCUT2D eigenvalue weighted by Gasteiger charge is 2.09. The zero-order valence-electron chi connectivity index (χ0n) is 14.6. The third-order valence-electron chi connectivity index (χ3n) is 3.67. The molecule has 0 bridgehead atoms. The van der Waals surface area contributed by atoms with E-state index in [4.69, 9.17) is 0 Å². The van der Waals surface area contributed by atoms with E-state index in [0.29, 0.717) is 12.0 Å². The van der Waals surface area contributed by atoms with Gasteiger partial charge in [0.1, 0.15) is 0 Å². The number of rotatable bonds is 6. The lowest BCUT2D eigenvalue weighted by Gasteiger charge is -2.18. The minimum atomic E-state index is 0.411. The smallest absolute Gasteiger partial charge is 0.191 e. The van der Waals surface area contributed by atoms with Gasteiger partial charge in [0.15, 0.2) is 17.4 Å². The summed E-state index contributed by atoms with van der Waals surface area (Å²) >= 11 is 0. The maximum Gasteiger partial charge on any atom is 0.191 e. The third kappa shape index (κ3) is 5.54. The van der Waals surface area contributed by atoms with E-state index in [1.807, 2.05) is 28.8 Å². The third-order valence-corrected chi connectivity index (χ3v) is 3.67. The van der Waals surface area contributed by atoms with Crippen molar-refractivity contribution in [2.45, 2.75) is 46.6 Å². The van der Waals surface area contributed by atoms with Crippen LogP contribution in [0.2, 0.25) is 0 Å². The summed E-state index contributed by atoms with van der Waals surface area (Å²) in [5.74, 6) is 1.67. The number of aromatic nitrogens is 3. The van der Waals surface area contributed by atoms with E-state index in [1.165, 1.54) is 12.8 Å². The molecule has 0 atom stereocenters. The summed E-state index contributed by atoms with van der Waals surface area (Å²) in [5, 5.41) is 15.0. The molecule has 0 spiro atoms. The van der Waals surface area contributed by atoms with Gasteiger partial charge in [-0.25, -0.2) is 0 Å². The van der Waals surface area contributed by atoms with Gasteiger partial charge >= 0.3 is 0 Å². The van der Waals surface area contributed by atoms with Crippen LogP contribution >= 0.6 is 0 Å². The number of pyridine rings is 1. The monoisotopic (exact) mass is 316 g/mol. The predicted molar refractivity (Wildman–Crippen MR) is 94.5 cm³/mol. The Morgan fingerprint density at radius 2 is 2.00 bits per heavy atom. The first-order valence-corrected chi connectivity index (χ1v) is 8.23. The van der Waals surface area contributed by atoms with Crippen molar-refractivity contribution >= 4 is 11.6 Å². The van der Waals surface area contributed by atoms with Gasteiger partial charge in [0.25, 0.3) is 0 Å². The van der Waals surface area contributed by atoms with Gasteiger partial charge in [-0.1, -0.05) is 33.3 Å². The zero-order chi connectivity index (χ0) is 16.7. The maximum absolute atomic E-state index is 4.25. The van der Waals surface area contributed by atoms with Gasteiger partial charge < -0.3 is 10.6 Å². The quantitative estimate of drug-likeness (QED) is 0.488. The molecule has 2 aromatic rings. The van der Waals surface area contributed by atoms with Gasteiger partial charge in [-0.2, -0.15) is 0 Å². The molecule has 0 aliphatic carbocycles. The van der Waals surface area contributed by atoms with Gasteiger partial charge in [-0.3, -0.25) is 9.39 Å². The van der Waals surface area contributed by atoms with Crippen LogP contribution in [0.5, 0.6) is 0 Å². The van der Waals surface area contributed by atoms with Crippen molar-refractivity contribution in [3.8, 4) is 0 Å². The number of fused-ring (bicyclic) bond motifs is 1. The normalized spacial score (nSPS) is 12.6. The molecule has 0 saturated heterocycles. The molecule has 0 aliphatic rings. The van der Waals surface area contributed by atoms with Crippen molar-refractivity contribution in [3.63, 3.8) is 0 Å². The van der Waals surface area contributed by atoms with Crippen molar-refractivity contribution < 1.29 is 0 Å². The fourth-order valence-corrected chi connectivity index (χ4v) is 2.38. The van der Waals surface area contributed by atoms with Crippen LogP contribution in [0.3, 0.4) is 0 Å². The molecule has 0 aromatic carbocycles. The van der Waals surface area contributed by atoms with Gasteiger partial charge in [0, 0.05) is 19.8 Å². The largest absolute Gasteiger partial charge is 0.356 e. The highest BCUT2D eigenvalue weighted by atomic mass is 15.3. The number of unbranched alkanes of at least 4 members (excludes halogenated alkanes) is 1. The molecule has 0 amide bonds. The second-order valence-corrected chi connectivity index (χ2v) is 6.92. The van der Waals surface area contributed by atoms with Crippen LogP contribution in [-0.4, -0.2) is 34.2 Å². The van der Waals surface area contributed by atoms with Crippen LogP contribution in [-0.2, 0) is 6.54 Å². The van der Waals surface area contributed by atoms with Crippen molar-refractivity contribution in [2.24, 2.45) is 10.4 Å². The summed E-state index contributed by atoms with van der Waals surface area (Å²) in [7, 11) is 1.78. The van der Waals surface area contributed by atoms with Crippen LogP contribution in [0.25, 0.3) is 5.65 Å². The number of hydrogen-bond acceptors (Lipinski definition) is 3. The molecule has 2 N–H and O–H groups in total. The van der Waals surface area contributed by atoms with E-state index in [-0.39, 0.29) is 0 Å². The number of nitrogens with zero attached hydrogens (tertiary/aromatic N) is 4. The zero-order valence-corrected chi connectivity index (χ0v) is 14.6. The average Bonchev–Trinajstić information content (AvgIpc) is 2.92. The van der Waals surface area contributed by atoms with Crippen LogP contribution in [0.1, 0.15) is 45.9 Å². The number of guanidine groups is 1. The molecular formula is C17H28N6. The summed E-state index contributed by atoms with van der Waals surface area (Å²) in [6.07, 6.45) is 5.58. The molecule has 0 saturated carbocycles.